The van der Waals surface area contributed by atoms with Crippen LogP contribution in [0.3, 0.4) is 0 Å². The molecule has 0 aliphatic heterocycles. The number of benzene rings is 1. The molecule has 0 fully saturated rings. The molecule has 0 radical (unpaired) electrons. The summed E-state index contributed by atoms with van der Waals surface area (Å²) in [5.74, 6) is -1.44. The molecular weight excluding hydrogens is 256 g/mol. The Hall–Kier alpha value is -2.69. The first-order chi connectivity index (χ1) is 9.66. The highest BCUT2D eigenvalue weighted by atomic mass is 16.4. The van der Waals surface area contributed by atoms with E-state index in [0.29, 0.717) is 5.56 Å². The van der Waals surface area contributed by atoms with Gasteiger partial charge in [-0.1, -0.05) is 36.4 Å². The molecule has 2 aromatic rings. The minimum Gasteiger partial charge on any atom is -0.479 e. The number of pyridine rings is 1. The summed E-state index contributed by atoms with van der Waals surface area (Å²) in [6.45, 7) is 0. The fourth-order valence-corrected chi connectivity index (χ4v) is 1.83. The van der Waals surface area contributed by atoms with Gasteiger partial charge in [0.25, 0.3) is 0 Å². The minimum atomic E-state index is -1.09. The smallest absolute Gasteiger partial charge is 0.330 e. The van der Waals surface area contributed by atoms with E-state index in [0.717, 1.165) is 5.56 Å². The van der Waals surface area contributed by atoms with Crippen LogP contribution in [0.1, 0.15) is 17.2 Å². The number of amides is 1. The number of aliphatic carboxylic acids is 1. The second kappa shape index (κ2) is 6.47. The first-order valence-electron chi connectivity index (χ1n) is 6.13. The third-order valence-corrected chi connectivity index (χ3v) is 2.77. The van der Waals surface area contributed by atoms with Gasteiger partial charge in [0, 0.05) is 12.4 Å². The molecule has 5 heteroatoms. The molecule has 0 aliphatic rings. The number of carbonyl (C=O) groups is 2. The zero-order chi connectivity index (χ0) is 14.4. The lowest BCUT2D eigenvalue weighted by Crippen LogP contribution is -2.34. The molecule has 0 spiro atoms. The van der Waals surface area contributed by atoms with E-state index in [9.17, 15) is 14.7 Å². The Morgan fingerprint density at radius 2 is 1.90 bits per heavy atom. The molecule has 1 aromatic heterocycles. The van der Waals surface area contributed by atoms with Crippen LogP contribution in [0.25, 0.3) is 0 Å². The Bertz CT molecular complexity index is 585. The van der Waals surface area contributed by atoms with Gasteiger partial charge in [0.15, 0.2) is 6.04 Å². The van der Waals surface area contributed by atoms with Crippen molar-refractivity contribution in [1.29, 1.82) is 0 Å². The van der Waals surface area contributed by atoms with E-state index in [1.54, 1.807) is 54.9 Å². The molecule has 0 bridgehead atoms. The number of carboxylic acids is 1. The monoisotopic (exact) mass is 270 g/mol. The molecule has 1 atom stereocenters. The maximum Gasteiger partial charge on any atom is 0.330 e. The number of nitrogens with one attached hydrogen (secondary N) is 1. The molecule has 1 aromatic carbocycles. The van der Waals surface area contributed by atoms with Gasteiger partial charge in [0.1, 0.15) is 0 Å². The highest BCUT2D eigenvalue weighted by Gasteiger charge is 2.21. The Balaban J connectivity index is 2.06. The molecule has 1 unspecified atom stereocenters. The molecule has 102 valence electrons. The molecule has 0 aliphatic carbocycles. The van der Waals surface area contributed by atoms with Gasteiger partial charge in [0.05, 0.1) is 6.42 Å². The third kappa shape index (κ3) is 3.65. The molecule has 20 heavy (non-hydrogen) atoms. The van der Waals surface area contributed by atoms with Gasteiger partial charge in [-0.25, -0.2) is 4.79 Å². The normalized spacial score (nSPS) is 11.6. The van der Waals surface area contributed by atoms with Gasteiger partial charge in [-0.15, -0.1) is 0 Å². The second-order valence-corrected chi connectivity index (χ2v) is 4.29. The predicted molar refractivity (Wildman–Crippen MR) is 72.9 cm³/mol. The maximum atomic E-state index is 11.9. The summed E-state index contributed by atoms with van der Waals surface area (Å²) < 4.78 is 0. The van der Waals surface area contributed by atoms with E-state index in [4.69, 9.17) is 0 Å². The van der Waals surface area contributed by atoms with Gasteiger partial charge in [-0.05, 0) is 17.2 Å². The molecule has 0 saturated heterocycles. The lowest BCUT2D eigenvalue weighted by atomic mass is 10.1. The summed E-state index contributed by atoms with van der Waals surface area (Å²) >= 11 is 0. The van der Waals surface area contributed by atoms with E-state index >= 15 is 0 Å². The van der Waals surface area contributed by atoms with E-state index in [1.807, 2.05) is 0 Å². The van der Waals surface area contributed by atoms with Crippen molar-refractivity contribution in [3.05, 3.63) is 66.0 Å². The fourth-order valence-electron chi connectivity index (χ4n) is 1.83. The Labute approximate surface area is 116 Å². The fraction of sp³-hybridized carbons (Fsp3) is 0.133. The van der Waals surface area contributed by atoms with E-state index in [2.05, 4.69) is 10.3 Å². The largest absolute Gasteiger partial charge is 0.479 e. The van der Waals surface area contributed by atoms with Crippen LogP contribution in [0.4, 0.5) is 0 Å². The van der Waals surface area contributed by atoms with Gasteiger partial charge in [-0.3, -0.25) is 9.78 Å². The molecule has 5 nitrogen and oxygen atoms in total. The summed E-state index contributed by atoms with van der Waals surface area (Å²) in [5.41, 5.74) is 1.28. The lowest BCUT2D eigenvalue weighted by Gasteiger charge is -2.14. The van der Waals surface area contributed by atoms with Crippen LogP contribution in [-0.4, -0.2) is 22.0 Å². The average molecular weight is 270 g/mol. The van der Waals surface area contributed by atoms with Gasteiger partial charge in [0.2, 0.25) is 5.91 Å². The van der Waals surface area contributed by atoms with Gasteiger partial charge >= 0.3 is 5.97 Å². The SMILES string of the molecule is O=C(Cc1cccnc1)NC(C(=O)O)c1ccccc1. The summed E-state index contributed by atoms with van der Waals surface area (Å²) in [6.07, 6.45) is 3.30. The van der Waals surface area contributed by atoms with Crippen LogP contribution in [0.5, 0.6) is 0 Å². The van der Waals surface area contributed by atoms with Crippen LogP contribution in [0.15, 0.2) is 54.9 Å². The first kappa shape index (κ1) is 13.7. The molecule has 2 rings (SSSR count). The van der Waals surface area contributed by atoms with Crippen LogP contribution in [-0.2, 0) is 16.0 Å². The number of hydrogen-bond donors (Lipinski definition) is 2. The van der Waals surface area contributed by atoms with Crippen LogP contribution >= 0.6 is 0 Å². The summed E-state index contributed by atoms with van der Waals surface area (Å²) in [5, 5.41) is 11.7. The molecule has 0 saturated carbocycles. The topological polar surface area (TPSA) is 79.3 Å². The van der Waals surface area contributed by atoms with Crippen LogP contribution in [0, 0.1) is 0 Å². The Morgan fingerprint density at radius 1 is 1.15 bits per heavy atom. The molecular formula is C15H14N2O3. The third-order valence-electron chi connectivity index (χ3n) is 2.77. The van der Waals surface area contributed by atoms with Gasteiger partial charge in [-0.2, -0.15) is 0 Å². The Kier molecular flexibility index (Phi) is 4.44. The van der Waals surface area contributed by atoms with Crippen molar-refractivity contribution in [3.63, 3.8) is 0 Å². The van der Waals surface area contributed by atoms with Crippen molar-refractivity contribution in [3.8, 4) is 0 Å². The van der Waals surface area contributed by atoms with Crippen LogP contribution < -0.4 is 5.32 Å². The first-order valence-corrected chi connectivity index (χ1v) is 6.13. The van der Waals surface area contributed by atoms with Crippen molar-refractivity contribution in [2.45, 2.75) is 12.5 Å². The minimum absolute atomic E-state index is 0.102. The van der Waals surface area contributed by atoms with Crippen molar-refractivity contribution in [1.82, 2.24) is 10.3 Å². The number of carbonyl (C=O) groups excluding carboxylic acids is 1. The summed E-state index contributed by atoms with van der Waals surface area (Å²) in [6, 6.07) is 11.1. The highest BCUT2D eigenvalue weighted by molar-refractivity contribution is 5.85. The van der Waals surface area contributed by atoms with Crippen molar-refractivity contribution < 1.29 is 14.7 Å². The van der Waals surface area contributed by atoms with Crippen molar-refractivity contribution in [2.75, 3.05) is 0 Å². The zero-order valence-electron chi connectivity index (χ0n) is 10.7. The van der Waals surface area contributed by atoms with Crippen molar-refractivity contribution >= 4 is 11.9 Å². The number of nitrogens with zero attached hydrogens (tertiary/aromatic N) is 1. The molecule has 1 heterocycles. The highest BCUT2D eigenvalue weighted by Crippen LogP contribution is 2.13. The number of rotatable bonds is 5. The number of aromatic nitrogens is 1. The van der Waals surface area contributed by atoms with E-state index < -0.39 is 12.0 Å². The predicted octanol–water partition coefficient (Wildman–Crippen LogP) is 1.57. The standard InChI is InChI=1S/C15H14N2O3/c18-13(9-11-5-4-8-16-10-11)17-14(15(19)20)12-6-2-1-3-7-12/h1-8,10,14H,9H2,(H,17,18)(H,19,20). The summed E-state index contributed by atoms with van der Waals surface area (Å²) in [4.78, 5) is 27.1. The number of hydrogen-bond acceptors (Lipinski definition) is 3. The molecule has 2 N–H and O–H groups in total. The zero-order valence-corrected chi connectivity index (χ0v) is 10.7. The maximum absolute atomic E-state index is 11.9. The van der Waals surface area contributed by atoms with E-state index in [-0.39, 0.29) is 12.3 Å². The lowest BCUT2D eigenvalue weighted by molar-refractivity contribution is -0.141. The average Bonchev–Trinajstić information content (AvgIpc) is 2.46. The quantitative estimate of drug-likeness (QED) is 0.864. The van der Waals surface area contributed by atoms with Gasteiger partial charge < -0.3 is 10.4 Å². The van der Waals surface area contributed by atoms with Crippen LogP contribution in [0.2, 0.25) is 0 Å². The second-order valence-electron chi connectivity index (χ2n) is 4.29. The summed E-state index contributed by atoms with van der Waals surface area (Å²) in [7, 11) is 0. The Morgan fingerprint density at radius 3 is 2.50 bits per heavy atom. The molecule has 1 amide bonds. The van der Waals surface area contributed by atoms with E-state index in [1.165, 1.54) is 0 Å². The van der Waals surface area contributed by atoms with Crippen molar-refractivity contribution in [2.24, 2.45) is 0 Å². The number of carboxylic acid groups (broad SMARTS) is 1.